The van der Waals surface area contributed by atoms with E-state index >= 15 is 0 Å². The average Bonchev–Trinajstić information content (AvgIpc) is 2.63. The quantitative estimate of drug-likeness (QED) is 0.627. The van der Waals surface area contributed by atoms with Gasteiger partial charge in [0.05, 0.1) is 22.9 Å². The highest BCUT2D eigenvalue weighted by molar-refractivity contribution is 7.09. The lowest BCUT2D eigenvalue weighted by Crippen LogP contribution is -2.13. The van der Waals surface area contributed by atoms with E-state index in [4.69, 9.17) is 4.74 Å². The smallest absolute Gasteiger partial charge is 0.336 e. The lowest BCUT2D eigenvalue weighted by Gasteiger charge is -2.09. The molecule has 0 radical (unpaired) electrons. The Morgan fingerprint density at radius 2 is 2.47 bits per heavy atom. The van der Waals surface area contributed by atoms with Crippen LogP contribution in [-0.4, -0.2) is 22.7 Å². The van der Waals surface area contributed by atoms with Crippen LogP contribution in [0.2, 0.25) is 0 Å². The molecule has 0 bridgehead atoms. The van der Waals surface area contributed by atoms with Crippen LogP contribution >= 0.6 is 11.3 Å². The molecule has 82 valence electrons. The molecule has 1 atom stereocenters. The van der Waals surface area contributed by atoms with Crippen molar-refractivity contribution in [3.63, 3.8) is 0 Å². The van der Waals surface area contributed by atoms with E-state index in [1.165, 1.54) is 11.3 Å². The summed E-state index contributed by atoms with van der Waals surface area (Å²) in [5, 5.41) is 12.3. The maximum atomic E-state index is 11.3. The lowest BCUT2D eigenvalue weighted by molar-refractivity contribution is -0.139. The molecule has 0 aromatic carbocycles. The van der Waals surface area contributed by atoms with Crippen molar-refractivity contribution in [2.24, 2.45) is 0 Å². The summed E-state index contributed by atoms with van der Waals surface area (Å²) >= 11 is 1.41. The number of hydrogen-bond acceptors (Lipinski definition) is 5. The van der Waals surface area contributed by atoms with Gasteiger partial charge in [-0.15, -0.1) is 11.3 Å². The number of thiazole rings is 1. The van der Waals surface area contributed by atoms with Crippen LogP contribution in [0.25, 0.3) is 0 Å². The van der Waals surface area contributed by atoms with Crippen LogP contribution in [-0.2, 0) is 9.53 Å². The van der Waals surface area contributed by atoms with E-state index in [0.29, 0.717) is 5.69 Å². The van der Waals surface area contributed by atoms with E-state index in [1.54, 1.807) is 12.3 Å². The van der Waals surface area contributed by atoms with Gasteiger partial charge in [0.15, 0.2) is 0 Å². The second-order valence-electron chi connectivity index (χ2n) is 2.94. The molecule has 0 aliphatic rings. The van der Waals surface area contributed by atoms with Gasteiger partial charge in [-0.1, -0.05) is 6.58 Å². The predicted molar refractivity (Wildman–Crippen MR) is 57.6 cm³/mol. The Bertz CT molecular complexity index is 372. The highest BCUT2D eigenvalue weighted by Gasteiger charge is 2.21. The van der Waals surface area contributed by atoms with Crippen LogP contribution in [0.15, 0.2) is 17.5 Å². The normalized spacial score (nSPS) is 12.2. The Kier molecular flexibility index (Phi) is 3.99. The zero-order valence-corrected chi connectivity index (χ0v) is 9.50. The van der Waals surface area contributed by atoms with Crippen LogP contribution in [0.1, 0.15) is 23.7 Å². The molecule has 0 aliphatic carbocycles. The summed E-state index contributed by atoms with van der Waals surface area (Å²) < 4.78 is 4.73. The van der Waals surface area contributed by atoms with Gasteiger partial charge in [0.2, 0.25) is 0 Å². The fourth-order valence-corrected chi connectivity index (χ4v) is 1.65. The summed E-state index contributed by atoms with van der Waals surface area (Å²) in [5.41, 5.74) is 0.456. The molecule has 1 aromatic rings. The highest BCUT2D eigenvalue weighted by Crippen LogP contribution is 2.22. The van der Waals surface area contributed by atoms with Gasteiger partial charge < -0.3 is 9.84 Å². The van der Waals surface area contributed by atoms with Crippen molar-refractivity contribution >= 4 is 17.3 Å². The monoisotopic (exact) mass is 227 g/mol. The van der Waals surface area contributed by atoms with Crippen molar-refractivity contribution in [3.05, 3.63) is 28.2 Å². The van der Waals surface area contributed by atoms with E-state index in [1.807, 2.05) is 6.92 Å². The third-order valence-corrected chi connectivity index (χ3v) is 2.58. The van der Waals surface area contributed by atoms with Crippen molar-refractivity contribution in [3.8, 4) is 0 Å². The number of esters is 1. The van der Waals surface area contributed by atoms with Gasteiger partial charge >= 0.3 is 5.97 Å². The molecular formula is C10H13NO3S. The number of nitrogens with zero attached hydrogens (tertiary/aromatic N) is 1. The lowest BCUT2D eigenvalue weighted by atomic mass is 10.1. The van der Waals surface area contributed by atoms with E-state index in [9.17, 15) is 9.90 Å². The molecule has 0 saturated carbocycles. The molecule has 1 unspecified atom stereocenters. The summed E-state index contributed by atoms with van der Waals surface area (Å²) in [5.74, 6) is -0.587. The van der Waals surface area contributed by atoms with Crippen molar-refractivity contribution in [1.29, 1.82) is 0 Å². The summed E-state index contributed by atoms with van der Waals surface area (Å²) in [6.07, 6.45) is -1.08. The largest absolute Gasteiger partial charge is 0.463 e. The molecule has 1 aromatic heterocycles. The minimum Gasteiger partial charge on any atom is -0.463 e. The average molecular weight is 227 g/mol. The standard InChI is InChI=1S/C10H13NO3S/c1-4-14-10(13)6(2)9(12)8-5-15-7(3)11-8/h5,9,12H,2,4H2,1,3H3. The van der Waals surface area contributed by atoms with Gasteiger partial charge in [-0.25, -0.2) is 9.78 Å². The predicted octanol–water partition coefficient (Wildman–Crippen LogP) is 1.60. The molecule has 0 fully saturated rings. The van der Waals surface area contributed by atoms with Crippen LogP contribution in [0.5, 0.6) is 0 Å². The molecule has 1 N–H and O–H groups in total. The van der Waals surface area contributed by atoms with Gasteiger partial charge in [-0.3, -0.25) is 0 Å². The Labute approximate surface area is 92.2 Å². The fraction of sp³-hybridized carbons (Fsp3) is 0.400. The molecule has 0 amide bonds. The fourth-order valence-electron chi connectivity index (χ4n) is 1.02. The van der Waals surface area contributed by atoms with Crippen molar-refractivity contribution in [2.75, 3.05) is 6.61 Å². The van der Waals surface area contributed by atoms with Crippen LogP contribution < -0.4 is 0 Å². The third kappa shape index (κ3) is 2.87. The number of aryl methyl sites for hydroxylation is 1. The molecule has 1 rings (SSSR count). The minimum atomic E-state index is -1.08. The minimum absolute atomic E-state index is 0.0159. The first kappa shape index (κ1) is 11.9. The number of aliphatic hydroxyl groups excluding tert-OH is 1. The zero-order valence-electron chi connectivity index (χ0n) is 8.69. The number of rotatable bonds is 4. The zero-order chi connectivity index (χ0) is 11.4. The Hall–Kier alpha value is -1.20. The number of aromatic nitrogens is 1. The Morgan fingerprint density at radius 3 is 2.93 bits per heavy atom. The van der Waals surface area contributed by atoms with Gasteiger partial charge in [0.1, 0.15) is 6.10 Å². The molecule has 1 heterocycles. The summed E-state index contributed by atoms with van der Waals surface area (Å²) in [4.78, 5) is 15.3. The van der Waals surface area contributed by atoms with Crippen molar-refractivity contribution < 1.29 is 14.6 Å². The van der Waals surface area contributed by atoms with Gasteiger partial charge in [-0.2, -0.15) is 0 Å². The van der Waals surface area contributed by atoms with Crippen LogP contribution in [0.3, 0.4) is 0 Å². The number of hydrogen-bond donors (Lipinski definition) is 1. The first-order valence-corrected chi connectivity index (χ1v) is 5.40. The topological polar surface area (TPSA) is 59.4 Å². The second-order valence-corrected chi connectivity index (χ2v) is 4.00. The Morgan fingerprint density at radius 1 is 1.80 bits per heavy atom. The van der Waals surface area contributed by atoms with Gasteiger partial charge in [0.25, 0.3) is 0 Å². The summed E-state index contributed by atoms with van der Waals surface area (Å²) in [6, 6.07) is 0. The molecule has 0 aliphatic heterocycles. The first-order chi connectivity index (χ1) is 7.06. The number of carbonyl (C=O) groups excluding carboxylic acids is 1. The van der Waals surface area contributed by atoms with Gasteiger partial charge in [-0.05, 0) is 13.8 Å². The maximum Gasteiger partial charge on any atom is 0.336 e. The first-order valence-electron chi connectivity index (χ1n) is 4.52. The summed E-state index contributed by atoms with van der Waals surface area (Å²) in [6.45, 7) is 7.29. The van der Waals surface area contributed by atoms with E-state index in [0.717, 1.165) is 5.01 Å². The number of ether oxygens (including phenoxy) is 1. The Balaban J connectivity index is 2.72. The molecule has 0 saturated heterocycles. The third-order valence-electron chi connectivity index (χ3n) is 1.78. The van der Waals surface area contributed by atoms with Crippen LogP contribution in [0, 0.1) is 6.92 Å². The number of carbonyl (C=O) groups is 1. The molecule has 4 nitrogen and oxygen atoms in total. The molecular weight excluding hydrogens is 214 g/mol. The number of aliphatic hydroxyl groups is 1. The highest BCUT2D eigenvalue weighted by atomic mass is 32.1. The van der Waals surface area contributed by atoms with Gasteiger partial charge in [0, 0.05) is 5.38 Å². The molecule has 15 heavy (non-hydrogen) atoms. The van der Waals surface area contributed by atoms with E-state index < -0.39 is 12.1 Å². The van der Waals surface area contributed by atoms with E-state index in [2.05, 4.69) is 11.6 Å². The second kappa shape index (κ2) is 5.04. The maximum absolute atomic E-state index is 11.3. The SMILES string of the molecule is C=C(C(=O)OCC)C(O)c1csc(C)n1. The van der Waals surface area contributed by atoms with E-state index in [-0.39, 0.29) is 12.2 Å². The molecule has 0 spiro atoms. The van der Waals surface area contributed by atoms with Crippen molar-refractivity contribution in [1.82, 2.24) is 4.98 Å². The van der Waals surface area contributed by atoms with Crippen LogP contribution in [0.4, 0.5) is 0 Å². The summed E-state index contributed by atoms with van der Waals surface area (Å²) in [7, 11) is 0. The van der Waals surface area contributed by atoms with Crippen molar-refractivity contribution in [2.45, 2.75) is 20.0 Å². The molecule has 5 heteroatoms.